The molecule has 0 aliphatic rings. The third-order valence-corrected chi connectivity index (χ3v) is 4.23. The minimum Gasteiger partial charge on any atom is -0.488 e. The van der Waals surface area contributed by atoms with Crippen molar-refractivity contribution in [1.82, 2.24) is 5.32 Å². The van der Waals surface area contributed by atoms with Gasteiger partial charge >= 0.3 is 0 Å². The molecule has 20 heavy (non-hydrogen) atoms. The van der Waals surface area contributed by atoms with Crippen LogP contribution in [-0.2, 0) is 13.0 Å². The summed E-state index contributed by atoms with van der Waals surface area (Å²) in [5.74, 6) is 0.898. The summed E-state index contributed by atoms with van der Waals surface area (Å²) in [6, 6.07) is 12.7. The highest BCUT2D eigenvalue weighted by molar-refractivity contribution is 7.16. The highest BCUT2D eigenvalue weighted by Crippen LogP contribution is 2.23. The van der Waals surface area contributed by atoms with Gasteiger partial charge in [-0.05, 0) is 49.7 Å². The van der Waals surface area contributed by atoms with E-state index in [-0.39, 0.29) is 0 Å². The maximum Gasteiger partial charge on any atom is 0.122 e. The molecule has 0 bridgehead atoms. The van der Waals surface area contributed by atoms with Crippen molar-refractivity contribution in [2.24, 2.45) is 0 Å². The van der Waals surface area contributed by atoms with Crippen molar-refractivity contribution in [1.29, 1.82) is 0 Å². The van der Waals surface area contributed by atoms with Crippen LogP contribution in [0.4, 0.5) is 0 Å². The normalized spacial score (nSPS) is 12.3. The van der Waals surface area contributed by atoms with E-state index >= 15 is 0 Å². The molecule has 1 unspecified atom stereocenters. The molecule has 1 aromatic heterocycles. The molecule has 1 heterocycles. The zero-order chi connectivity index (χ0) is 14.4. The number of nitrogens with one attached hydrogen (secondary N) is 1. The lowest BCUT2D eigenvalue weighted by molar-refractivity contribution is 0.309. The Morgan fingerprint density at radius 2 is 1.95 bits per heavy atom. The maximum atomic E-state index is 5.89. The van der Waals surface area contributed by atoms with E-state index in [9.17, 15) is 0 Å². The van der Waals surface area contributed by atoms with Crippen LogP contribution in [0.25, 0.3) is 0 Å². The van der Waals surface area contributed by atoms with Crippen molar-refractivity contribution in [2.45, 2.75) is 32.9 Å². The average molecular weight is 310 g/mol. The van der Waals surface area contributed by atoms with Crippen molar-refractivity contribution in [2.75, 3.05) is 6.54 Å². The Hall–Kier alpha value is -1.03. The maximum absolute atomic E-state index is 5.89. The van der Waals surface area contributed by atoms with Gasteiger partial charge in [-0.2, -0.15) is 0 Å². The van der Waals surface area contributed by atoms with E-state index in [1.54, 1.807) is 11.3 Å². The van der Waals surface area contributed by atoms with Crippen LogP contribution in [0, 0.1) is 0 Å². The van der Waals surface area contributed by atoms with Gasteiger partial charge in [0.25, 0.3) is 0 Å². The quantitative estimate of drug-likeness (QED) is 0.812. The minimum atomic E-state index is 0.500. The Morgan fingerprint density at radius 3 is 2.55 bits per heavy atom. The number of likely N-dealkylation sites (N-methyl/N-ethyl adjacent to an activating group) is 1. The van der Waals surface area contributed by atoms with Gasteiger partial charge in [0.15, 0.2) is 0 Å². The predicted molar refractivity (Wildman–Crippen MR) is 86.9 cm³/mol. The molecule has 0 fully saturated rings. The van der Waals surface area contributed by atoms with Crippen LogP contribution in [-0.4, -0.2) is 12.6 Å². The summed E-state index contributed by atoms with van der Waals surface area (Å²) in [6.07, 6.45) is 1.04. The van der Waals surface area contributed by atoms with E-state index in [0.717, 1.165) is 27.9 Å². The first-order chi connectivity index (χ1) is 9.67. The monoisotopic (exact) mass is 309 g/mol. The van der Waals surface area contributed by atoms with E-state index in [4.69, 9.17) is 16.3 Å². The van der Waals surface area contributed by atoms with Gasteiger partial charge in [-0.3, -0.25) is 0 Å². The Bertz CT molecular complexity index is 524. The molecule has 0 saturated heterocycles. The summed E-state index contributed by atoms with van der Waals surface area (Å²) in [5.41, 5.74) is 1.32. The molecule has 108 valence electrons. The molecule has 2 aromatic rings. The smallest absolute Gasteiger partial charge is 0.122 e. The summed E-state index contributed by atoms with van der Waals surface area (Å²) in [5, 5.41) is 3.42. The van der Waals surface area contributed by atoms with Crippen molar-refractivity contribution >= 4 is 22.9 Å². The molecule has 0 saturated carbocycles. The molecule has 0 spiro atoms. The van der Waals surface area contributed by atoms with Gasteiger partial charge in [0.05, 0.1) is 4.34 Å². The first kappa shape index (κ1) is 15.4. The SMILES string of the molecule is CCNC(C)Cc1ccc(OCc2ccc(Cl)s2)cc1. The molecular formula is C16H20ClNOS. The van der Waals surface area contributed by atoms with Crippen molar-refractivity contribution in [3.63, 3.8) is 0 Å². The zero-order valence-electron chi connectivity index (χ0n) is 11.9. The van der Waals surface area contributed by atoms with Crippen LogP contribution in [0.3, 0.4) is 0 Å². The molecule has 1 atom stereocenters. The highest BCUT2D eigenvalue weighted by Gasteiger charge is 2.03. The van der Waals surface area contributed by atoms with Crippen molar-refractivity contribution in [3.8, 4) is 5.75 Å². The number of hydrogen-bond donors (Lipinski definition) is 1. The molecule has 4 heteroatoms. The first-order valence-corrected chi connectivity index (χ1v) is 8.06. The van der Waals surface area contributed by atoms with Gasteiger partial charge in [0, 0.05) is 10.9 Å². The number of thiophene rings is 1. The Balaban J connectivity index is 1.85. The summed E-state index contributed by atoms with van der Waals surface area (Å²) in [4.78, 5) is 1.14. The second kappa shape index (κ2) is 7.67. The third kappa shape index (κ3) is 4.82. The van der Waals surface area contributed by atoms with E-state index in [2.05, 4.69) is 31.3 Å². The molecular weight excluding hydrogens is 290 g/mol. The lowest BCUT2D eigenvalue weighted by Crippen LogP contribution is -2.27. The third-order valence-electron chi connectivity index (χ3n) is 3.03. The van der Waals surface area contributed by atoms with Crippen molar-refractivity contribution in [3.05, 3.63) is 51.2 Å². The molecule has 0 amide bonds. The molecule has 2 rings (SSSR count). The second-order valence-electron chi connectivity index (χ2n) is 4.80. The molecule has 1 aromatic carbocycles. The number of rotatable bonds is 7. The number of hydrogen-bond acceptors (Lipinski definition) is 3. The molecule has 0 radical (unpaired) electrons. The van der Waals surface area contributed by atoms with Crippen LogP contribution < -0.4 is 10.1 Å². The Kier molecular flexibility index (Phi) is 5.89. The fourth-order valence-corrected chi connectivity index (χ4v) is 3.08. The van der Waals surface area contributed by atoms with Crippen LogP contribution in [0.15, 0.2) is 36.4 Å². The van der Waals surface area contributed by atoms with Gasteiger partial charge in [0.2, 0.25) is 0 Å². The molecule has 0 aliphatic carbocycles. The van der Waals surface area contributed by atoms with E-state index in [1.165, 1.54) is 5.56 Å². The summed E-state index contributed by atoms with van der Waals surface area (Å²) < 4.78 is 6.55. The summed E-state index contributed by atoms with van der Waals surface area (Å²) >= 11 is 7.45. The zero-order valence-corrected chi connectivity index (χ0v) is 13.4. The number of halogens is 1. The number of ether oxygens (including phenoxy) is 1. The van der Waals surface area contributed by atoms with Gasteiger partial charge in [-0.15, -0.1) is 11.3 Å². The van der Waals surface area contributed by atoms with E-state index in [1.807, 2.05) is 24.3 Å². The predicted octanol–water partition coefficient (Wildman–Crippen LogP) is 4.52. The van der Waals surface area contributed by atoms with E-state index < -0.39 is 0 Å². The topological polar surface area (TPSA) is 21.3 Å². The molecule has 0 aliphatic heterocycles. The highest BCUT2D eigenvalue weighted by atomic mass is 35.5. The molecule has 1 N–H and O–H groups in total. The fourth-order valence-electron chi connectivity index (χ4n) is 2.08. The minimum absolute atomic E-state index is 0.500. The molecule has 2 nitrogen and oxygen atoms in total. The lowest BCUT2D eigenvalue weighted by atomic mass is 10.1. The lowest BCUT2D eigenvalue weighted by Gasteiger charge is -2.12. The fraction of sp³-hybridized carbons (Fsp3) is 0.375. The standard InChI is InChI=1S/C16H20ClNOS/c1-3-18-12(2)10-13-4-6-14(7-5-13)19-11-15-8-9-16(17)20-15/h4-9,12,18H,3,10-11H2,1-2H3. The average Bonchev–Trinajstić information content (AvgIpc) is 2.84. The van der Waals surface area contributed by atoms with Crippen LogP contribution >= 0.6 is 22.9 Å². The largest absolute Gasteiger partial charge is 0.488 e. The van der Waals surface area contributed by atoms with Crippen LogP contribution in [0.2, 0.25) is 4.34 Å². The Labute approximate surface area is 129 Å². The first-order valence-electron chi connectivity index (χ1n) is 6.86. The van der Waals surface area contributed by atoms with Gasteiger partial charge in [-0.25, -0.2) is 0 Å². The summed E-state index contributed by atoms with van der Waals surface area (Å²) in [7, 11) is 0. The van der Waals surface area contributed by atoms with Crippen LogP contribution in [0.1, 0.15) is 24.3 Å². The van der Waals surface area contributed by atoms with Gasteiger partial charge in [0.1, 0.15) is 12.4 Å². The van der Waals surface area contributed by atoms with Crippen molar-refractivity contribution < 1.29 is 4.74 Å². The summed E-state index contributed by atoms with van der Waals surface area (Å²) in [6.45, 7) is 5.91. The van der Waals surface area contributed by atoms with E-state index in [0.29, 0.717) is 12.6 Å². The van der Waals surface area contributed by atoms with Crippen LogP contribution in [0.5, 0.6) is 5.75 Å². The van der Waals surface area contributed by atoms with Gasteiger partial charge in [-0.1, -0.05) is 30.7 Å². The second-order valence-corrected chi connectivity index (χ2v) is 6.60. The number of benzene rings is 1. The Morgan fingerprint density at radius 1 is 1.20 bits per heavy atom. The van der Waals surface area contributed by atoms with Gasteiger partial charge < -0.3 is 10.1 Å².